The molecule has 2 N–H and O–H groups in total. The SMILES string of the molecule is N#CC1=C(N)OC2=C(CN(Cc3ccccc3)C/C2=C\c2c(F)cccc2Cl)C1c1c(F)cccc1Cl. The van der Waals surface area contributed by atoms with Crippen molar-refractivity contribution in [3.63, 3.8) is 0 Å². The Balaban J connectivity index is 1.71. The van der Waals surface area contributed by atoms with E-state index in [9.17, 15) is 9.65 Å². The first-order chi connectivity index (χ1) is 17.9. The average molecular weight is 536 g/mol. The lowest BCUT2D eigenvalue weighted by Crippen LogP contribution is -2.38. The van der Waals surface area contributed by atoms with Gasteiger partial charge in [0.15, 0.2) is 0 Å². The Kier molecular flexibility index (Phi) is 7.03. The summed E-state index contributed by atoms with van der Waals surface area (Å²) in [6.07, 6.45) is 1.62. The van der Waals surface area contributed by atoms with Gasteiger partial charge in [-0.3, -0.25) is 4.90 Å². The smallest absolute Gasteiger partial charge is 0.205 e. The number of allylic oxidation sites excluding steroid dienone is 1. The molecular formula is C29H21Cl2F2N3O. The molecule has 4 nitrogen and oxygen atoms in total. The molecule has 0 radical (unpaired) electrons. The van der Waals surface area contributed by atoms with Gasteiger partial charge in [0.1, 0.15) is 29.0 Å². The molecule has 3 aromatic rings. The van der Waals surface area contributed by atoms with Crippen LogP contribution >= 0.6 is 23.2 Å². The number of halogens is 4. The van der Waals surface area contributed by atoms with Gasteiger partial charge in [0.25, 0.3) is 0 Å². The van der Waals surface area contributed by atoms with Gasteiger partial charge in [-0.25, -0.2) is 8.78 Å². The fourth-order valence-corrected chi connectivity index (χ4v) is 5.32. The minimum absolute atomic E-state index is 0.0654. The van der Waals surface area contributed by atoms with Gasteiger partial charge in [0, 0.05) is 41.4 Å². The summed E-state index contributed by atoms with van der Waals surface area (Å²) in [6.45, 7) is 1.28. The number of hydrogen-bond donors (Lipinski definition) is 1. The Bertz CT molecular complexity index is 1470. The molecule has 0 bridgehead atoms. The van der Waals surface area contributed by atoms with Crippen molar-refractivity contribution >= 4 is 29.3 Å². The molecule has 0 saturated heterocycles. The van der Waals surface area contributed by atoms with Crippen LogP contribution in [0.4, 0.5) is 8.78 Å². The van der Waals surface area contributed by atoms with Crippen LogP contribution in [0.25, 0.3) is 6.08 Å². The second-order valence-electron chi connectivity index (χ2n) is 8.85. The van der Waals surface area contributed by atoms with E-state index in [1.165, 1.54) is 24.3 Å². The molecule has 8 heteroatoms. The number of ether oxygens (including phenoxy) is 1. The Morgan fingerprint density at radius 3 is 2.35 bits per heavy atom. The summed E-state index contributed by atoms with van der Waals surface area (Å²) in [5.41, 5.74) is 8.87. The number of nitriles is 1. The summed E-state index contributed by atoms with van der Waals surface area (Å²) in [7, 11) is 0. The molecule has 0 saturated carbocycles. The van der Waals surface area contributed by atoms with Crippen LogP contribution in [0.15, 0.2) is 95.1 Å². The van der Waals surface area contributed by atoms with Gasteiger partial charge in [-0.2, -0.15) is 5.26 Å². The summed E-state index contributed by atoms with van der Waals surface area (Å²) in [4.78, 5) is 2.11. The largest absolute Gasteiger partial charge is 0.440 e. The molecule has 0 spiro atoms. The highest BCUT2D eigenvalue weighted by Gasteiger charge is 2.40. The van der Waals surface area contributed by atoms with E-state index in [1.54, 1.807) is 18.2 Å². The normalized spacial score (nSPS) is 19.0. The van der Waals surface area contributed by atoms with Gasteiger partial charge < -0.3 is 10.5 Å². The quantitative estimate of drug-likeness (QED) is 0.393. The van der Waals surface area contributed by atoms with Crippen LogP contribution in [0.3, 0.4) is 0 Å². The molecule has 0 fully saturated rings. The highest BCUT2D eigenvalue weighted by molar-refractivity contribution is 6.32. The van der Waals surface area contributed by atoms with E-state index in [1.807, 2.05) is 30.3 Å². The average Bonchev–Trinajstić information content (AvgIpc) is 2.87. The summed E-state index contributed by atoms with van der Waals surface area (Å²) < 4.78 is 36.0. The van der Waals surface area contributed by atoms with Gasteiger partial charge in [0.05, 0.1) is 10.9 Å². The van der Waals surface area contributed by atoms with Crippen LogP contribution < -0.4 is 5.73 Å². The molecule has 1 atom stereocenters. The Labute approximate surface area is 223 Å². The van der Waals surface area contributed by atoms with Crippen molar-refractivity contribution in [3.05, 3.63) is 133 Å². The third kappa shape index (κ3) is 4.86. The lowest BCUT2D eigenvalue weighted by atomic mass is 9.79. The molecule has 0 amide bonds. The topological polar surface area (TPSA) is 62.3 Å². The maximum atomic E-state index is 15.2. The third-order valence-electron chi connectivity index (χ3n) is 6.46. The zero-order valence-corrected chi connectivity index (χ0v) is 21.0. The van der Waals surface area contributed by atoms with E-state index in [4.69, 9.17) is 33.7 Å². The van der Waals surface area contributed by atoms with E-state index < -0.39 is 17.6 Å². The zero-order chi connectivity index (χ0) is 26.1. The fourth-order valence-electron chi connectivity index (χ4n) is 4.83. The first kappa shape index (κ1) is 25.0. The van der Waals surface area contributed by atoms with Crippen molar-refractivity contribution in [1.82, 2.24) is 4.90 Å². The standard InChI is InChI=1S/C29H21Cl2F2N3O/c30-22-8-4-10-24(32)19(22)12-18-15-36(14-17-6-2-1-3-7-17)16-21-26(20(13-34)29(35)37-28(18)21)27-23(31)9-5-11-25(27)33/h1-12,26H,14-16,35H2/b18-12+. The van der Waals surface area contributed by atoms with Crippen molar-refractivity contribution < 1.29 is 13.5 Å². The summed E-state index contributed by atoms with van der Waals surface area (Å²) in [5.74, 6) is -1.71. The third-order valence-corrected chi connectivity index (χ3v) is 7.12. The minimum atomic E-state index is -0.875. The number of nitrogens with two attached hydrogens (primary N) is 1. The molecule has 0 aliphatic carbocycles. The van der Waals surface area contributed by atoms with E-state index in [2.05, 4.69) is 11.0 Å². The van der Waals surface area contributed by atoms with E-state index >= 15 is 4.39 Å². The number of rotatable bonds is 4. The van der Waals surface area contributed by atoms with Gasteiger partial charge >= 0.3 is 0 Å². The van der Waals surface area contributed by atoms with Gasteiger partial charge in [0.2, 0.25) is 5.88 Å². The molecule has 3 aromatic carbocycles. The lowest BCUT2D eigenvalue weighted by Gasteiger charge is -2.38. The molecule has 5 rings (SSSR count). The van der Waals surface area contributed by atoms with Crippen molar-refractivity contribution in [2.45, 2.75) is 12.5 Å². The molecule has 2 aliphatic rings. The maximum absolute atomic E-state index is 15.2. The van der Waals surface area contributed by atoms with Crippen LogP contribution in [-0.4, -0.2) is 18.0 Å². The predicted molar refractivity (Wildman–Crippen MR) is 140 cm³/mol. The van der Waals surface area contributed by atoms with Crippen LogP contribution in [0.5, 0.6) is 0 Å². The first-order valence-corrected chi connectivity index (χ1v) is 12.3. The van der Waals surface area contributed by atoms with E-state index in [0.717, 1.165) is 5.56 Å². The van der Waals surface area contributed by atoms with Gasteiger partial charge in [-0.05, 0) is 41.5 Å². The van der Waals surface area contributed by atoms with Crippen molar-refractivity contribution in [2.75, 3.05) is 13.1 Å². The fraction of sp³-hybridized carbons (Fsp3) is 0.138. The second kappa shape index (κ2) is 10.4. The first-order valence-electron chi connectivity index (χ1n) is 11.5. The maximum Gasteiger partial charge on any atom is 0.205 e. The number of hydrogen-bond acceptors (Lipinski definition) is 4. The summed E-state index contributed by atoms with van der Waals surface area (Å²) >= 11 is 12.8. The molecule has 2 aliphatic heterocycles. The van der Waals surface area contributed by atoms with Crippen LogP contribution in [-0.2, 0) is 11.3 Å². The van der Waals surface area contributed by atoms with Crippen LogP contribution in [0, 0.1) is 23.0 Å². The van der Waals surface area contributed by atoms with E-state index in [0.29, 0.717) is 36.5 Å². The summed E-state index contributed by atoms with van der Waals surface area (Å²) in [5, 5.41) is 10.4. The van der Waals surface area contributed by atoms with Crippen molar-refractivity contribution in [1.29, 1.82) is 5.26 Å². The Morgan fingerprint density at radius 1 is 0.973 bits per heavy atom. The molecule has 37 heavy (non-hydrogen) atoms. The van der Waals surface area contributed by atoms with E-state index in [-0.39, 0.29) is 32.6 Å². The zero-order valence-electron chi connectivity index (χ0n) is 19.5. The number of benzene rings is 3. The van der Waals surface area contributed by atoms with Gasteiger partial charge in [-0.15, -0.1) is 0 Å². The molecular weight excluding hydrogens is 515 g/mol. The minimum Gasteiger partial charge on any atom is -0.440 e. The second-order valence-corrected chi connectivity index (χ2v) is 9.66. The molecule has 0 aromatic heterocycles. The Morgan fingerprint density at radius 2 is 1.68 bits per heavy atom. The number of nitrogens with zero attached hydrogens (tertiary/aromatic N) is 2. The van der Waals surface area contributed by atoms with Crippen molar-refractivity contribution in [2.24, 2.45) is 5.73 Å². The van der Waals surface area contributed by atoms with Crippen LogP contribution in [0.1, 0.15) is 22.6 Å². The summed E-state index contributed by atoms with van der Waals surface area (Å²) in [6, 6.07) is 20.7. The van der Waals surface area contributed by atoms with Crippen LogP contribution in [0.2, 0.25) is 10.0 Å². The highest BCUT2D eigenvalue weighted by atomic mass is 35.5. The molecule has 186 valence electrons. The predicted octanol–water partition coefficient (Wildman–Crippen LogP) is 6.93. The molecule has 1 unspecified atom stereocenters. The van der Waals surface area contributed by atoms with Gasteiger partial charge in [-0.1, -0.05) is 65.7 Å². The lowest BCUT2D eigenvalue weighted by molar-refractivity contribution is 0.229. The Hall–Kier alpha value is -3.63. The molecule has 2 heterocycles. The highest BCUT2D eigenvalue weighted by Crippen LogP contribution is 2.46. The monoisotopic (exact) mass is 535 g/mol. The van der Waals surface area contributed by atoms with Crippen molar-refractivity contribution in [3.8, 4) is 6.07 Å².